The molecule has 0 radical (unpaired) electrons. The number of oxime groups is 1. The Labute approximate surface area is 287 Å². The number of aliphatic hydroxyl groups is 3. The fourth-order valence-corrected chi connectivity index (χ4v) is 8.36. The van der Waals surface area contributed by atoms with Crippen molar-refractivity contribution in [3.63, 3.8) is 0 Å². The molecule has 2 amide bonds. The Morgan fingerprint density at radius 1 is 1.04 bits per heavy atom. The van der Waals surface area contributed by atoms with Gasteiger partial charge < -0.3 is 49.7 Å². The quantitative estimate of drug-likeness (QED) is 0.140. The summed E-state index contributed by atoms with van der Waals surface area (Å²) in [5, 5.41) is 50.5. The molecule has 266 valence electrons. The number of allylic oxidation sites excluding steroid dienone is 1. The number of nitrogens with one attached hydrogen (secondary N) is 1. The summed E-state index contributed by atoms with van der Waals surface area (Å²) in [6.45, 7) is 2.93. The smallest absolute Gasteiger partial charge is 0.318 e. The van der Waals surface area contributed by atoms with Crippen LogP contribution in [-0.2, 0) is 11.4 Å². The SMILES string of the molecule is CCCN(C(=O)NCc1ccc2c(c1)OCO2)C1CC(=NOC)C2=CC(CCCCO)C(CCCCO)C3c4cc(O)ccc4OC1(O)C23. The zero-order valence-electron chi connectivity index (χ0n) is 28.3. The van der Waals surface area contributed by atoms with Crippen molar-refractivity contribution in [3.05, 3.63) is 59.2 Å². The molecule has 4 aliphatic rings. The third-order valence-electron chi connectivity index (χ3n) is 10.4. The molecule has 2 aromatic carbocycles. The summed E-state index contributed by atoms with van der Waals surface area (Å²) >= 11 is 0. The molecule has 2 aromatic rings. The van der Waals surface area contributed by atoms with E-state index >= 15 is 0 Å². The predicted molar refractivity (Wildman–Crippen MR) is 181 cm³/mol. The first-order valence-corrected chi connectivity index (χ1v) is 17.5. The number of unbranched alkanes of at least 4 members (excludes halogenated alkanes) is 2. The summed E-state index contributed by atoms with van der Waals surface area (Å²) in [7, 11) is 1.49. The van der Waals surface area contributed by atoms with Crippen LogP contribution in [0, 0.1) is 17.8 Å². The topological polar surface area (TPSA) is 163 Å². The van der Waals surface area contributed by atoms with E-state index < -0.39 is 17.7 Å². The van der Waals surface area contributed by atoms with Crippen molar-refractivity contribution in [1.82, 2.24) is 10.2 Å². The highest BCUT2D eigenvalue weighted by Gasteiger charge is 2.64. The van der Waals surface area contributed by atoms with Gasteiger partial charge in [-0.25, -0.2) is 4.79 Å². The number of benzene rings is 2. The maximum absolute atomic E-state index is 14.1. The van der Waals surface area contributed by atoms with Crippen LogP contribution in [-0.4, -0.2) is 82.6 Å². The molecule has 0 saturated heterocycles. The lowest BCUT2D eigenvalue weighted by Gasteiger charge is -2.58. The van der Waals surface area contributed by atoms with Crippen LogP contribution >= 0.6 is 0 Å². The maximum atomic E-state index is 14.1. The molecule has 2 aliphatic heterocycles. The Balaban J connectivity index is 1.41. The van der Waals surface area contributed by atoms with Crippen LogP contribution in [0.3, 0.4) is 0 Å². The summed E-state index contributed by atoms with van der Waals surface area (Å²) in [6, 6.07) is 9.35. The van der Waals surface area contributed by atoms with Gasteiger partial charge in [0, 0.05) is 44.2 Å². The zero-order chi connectivity index (χ0) is 34.5. The van der Waals surface area contributed by atoms with Gasteiger partial charge in [-0.2, -0.15) is 0 Å². The molecule has 2 heterocycles. The van der Waals surface area contributed by atoms with Gasteiger partial charge >= 0.3 is 6.03 Å². The molecule has 5 N–H and O–H groups in total. The predicted octanol–water partition coefficient (Wildman–Crippen LogP) is 4.80. The number of urea groups is 1. The van der Waals surface area contributed by atoms with E-state index in [0.29, 0.717) is 48.8 Å². The van der Waals surface area contributed by atoms with Crippen molar-refractivity contribution in [1.29, 1.82) is 0 Å². The minimum Gasteiger partial charge on any atom is -0.508 e. The van der Waals surface area contributed by atoms with Crippen molar-refractivity contribution in [3.8, 4) is 23.0 Å². The minimum atomic E-state index is -1.83. The summed E-state index contributed by atoms with van der Waals surface area (Å²) in [5.74, 6) is -0.772. The number of carbonyl (C=O) groups excluding carboxylic acids is 1. The number of rotatable bonds is 14. The highest BCUT2D eigenvalue weighted by molar-refractivity contribution is 6.03. The van der Waals surface area contributed by atoms with Crippen LogP contribution in [0.2, 0.25) is 0 Å². The molecule has 6 atom stereocenters. The van der Waals surface area contributed by atoms with Crippen molar-refractivity contribution in [2.45, 2.75) is 82.6 Å². The number of hydrogen-bond acceptors (Lipinski definition) is 10. The molecule has 6 rings (SSSR count). The van der Waals surface area contributed by atoms with Crippen LogP contribution in [0.1, 0.15) is 75.3 Å². The number of nitrogens with zero attached hydrogens (tertiary/aromatic N) is 2. The summed E-state index contributed by atoms with van der Waals surface area (Å²) in [4.78, 5) is 21.2. The van der Waals surface area contributed by atoms with Crippen molar-refractivity contribution < 1.29 is 44.3 Å². The molecule has 6 unspecified atom stereocenters. The van der Waals surface area contributed by atoms with E-state index in [1.54, 1.807) is 23.1 Å². The third-order valence-corrected chi connectivity index (χ3v) is 10.4. The van der Waals surface area contributed by atoms with Gasteiger partial charge in [0.1, 0.15) is 24.7 Å². The number of aliphatic hydroxyl groups excluding tert-OH is 2. The molecule has 49 heavy (non-hydrogen) atoms. The van der Waals surface area contributed by atoms with Gasteiger partial charge in [-0.3, -0.25) is 0 Å². The van der Waals surface area contributed by atoms with Gasteiger partial charge in [0.15, 0.2) is 11.5 Å². The van der Waals surface area contributed by atoms with E-state index in [1.807, 2.05) is 25.1 Å². The number of carbonyl (C=O) groups is 1. The van der Waals surface area contributed by atoms with Crippen LogP contribution in [0.5, 0.6) is 23.0 Å². The summed E-state index contributed by atoms with van der Waals surface area (Å²) < 4.78 is 17.6. The standard InChI is InChI=1S/C37H49N3O9/c1-3-14-40(36(44)38-21-23-10-12-31-32(17-23)48-22-47-31)33-20-29(39-46-2)27-18-24(8-4-6-15-41)26(9-5-7-16-42)34-28-19-25(43)11-13-30(28)49-37(33,45)35(27)34/h10-13,17-19,24,26,33-35,41-43,45H,3-9,14-16,20-22H2,1-2H3,(H,38,44). The average molecular weight is 680 g/mol. The first-order chi connectivity index (χ1) is 23.8. The third kappa shape index (κ3) is 6.91. The monoisotopic (exact) mass is 679 g/mol. The summed E-state index contributed by atoms with van der Waals surface area (Å²) in [6.07, 6.45) is 7.55. The fraction of sp³-hybridized carbons (Fsp3) is 0.568. The number of hydrogen-bond donors (Lipinski definition) is 5. The van der Waals surface area contributed by atoms with Crippen molar-refractivity contribution in [2.24, 2.45) is 22.9 Å². The number of aromatic hydroxyl groups is 1. The molecule has 1 fully saturated rings. The highest BCUT2D eigenvalue weighted by atomic mass is 16.7. The number of ether oxygens (including phenoxy) is 3. The lowest BCUT2D eigenvalue weighted by molar-refractivity contribution is -0.228. The van der Waals surface area contributed by atoms with E-state index in [0.717, 1.165) is 42.4 Å². The second-order valence-corrected chi connectivity index (χ2v) is 13.4. The first kappa shape index (κ1) is 34.8. The van der Waals surface area contributed by atoms with Gasteiger partial charge in [-0.05, 0) is 85.4 Å². The number of phenols is 1. The largest absolute Gasteiger partial charge is 0.508 e. The lowest BCUT2D eigenvalue weighted by Crippen LogP contribution is -2.69. The maximum Gasteiger partial charge on any atom is 0.318 e. The van der Waals surface area contributed by atoms with Gasteiger partial charge in [-0.15, -0.1) is 0 Å². The van der Waals surface area contributed by atoms with E-state index in [-0.39, 0.29) is 62.5 Å². The van der Waals surface area contributed by atoms with Crippen LogP contribution in [0.4, 0.5) is 4.79 Å². The molecule has 1 saturated carbocycles. The Kier molecular flexibility index (Phi) is 10.9. The van der Waals surface area contributed by atoms with Crippen LogP contribution in [0.15, 0.2) is 53.2 Å². The molecule has 0 spiro atoms. The van der Waals surface area contributed by atoms with Crippen LogP contribution < -0.4 is 19.5 Å². The normalized spacial score (nSPS) is 27.1. The zero-order valence-corrected chi connectivity index (χ0v) is 28.3. The summed E-state index contributed by atoms with van der Waals surface area (Å²) in [5.41, 5.74) is 3.11. The molecule has 0 aromatic heterocycles. The molecule has 2 aliphatic carbocycles. The Morgan fingerprint density at radius 3 is 2.55 bits per heavy atom. The van der Waals surface area contributed by atoms with Gasteiger partial charge in [0.05, 0.1) is 11.6 Å². The van der Waals surface area contributed by atoms with E-state index in [4.69, 9.17) is 19.0 Å². The first-order valence-electron chi connectivity index (χ1n) is 17.5. The minimum absolute atomic E-state index is 0.0250. The van der Waals surface area contributed by atoms with Gasteiger partial charge in [0.2, 0.25) is 12.6 Å². The molecular formula is C37H49N3O9. The molecule has 0 bridgehead atoms. The molecule has 12 nitrogen and oxygen atoms in total. The van der Waals surface area contributed by atoms with E-state index in [1.165, 1.54) is 7.11 Å². The molecular weight excluding hydrogens is 630 g/mol. The van der Waals surface area contributed by atoms with E-state index in [2.05, 4.69) is 16.5 Å². The van der Waals surface area contributed by atoms with Gasteiger partial charge in [0.25, 0.3) is 0 Å². The second kappa shape index (κ2) is 15.3. The second-order valence-electron chi connectivity index (χ2n) is 13.4. The van der Waals surface area contributed by atoms with Crippen molar-refractivity contribution >= 4 is 11.7 Å². The number of amides is 2. The highest BCUT2D eigenvalue weighted by Crippen LogP contribution is 2.60. The number of fused-ring (bicyclic) bond motifs is 3. The van der Waals surface area contributed by atoms with Crippen molar-refractivity contribution in [2.75, 3.05) is 33.7 Å². The Hall–Kier alpha value is -4.00. The molecule has 12 heteroatoms. The Morgan fingerprint density at radius 2 is 1.80 bits per heavy atom. The average Bonchev–Trinajstić information content (AvgIpc) is 3.57. The van der Waals surface area contributed by atoms with Gasteiger partial charge in [-0.1, -0.05) is 37.1 Å². The Bertz CT molecular complexity index is 1550. The van der Waals surface area contributed by atoms with Crippen LogP contribution in [0.25, 0.3) is 0 Å². The van der Waals surface area contributed by atoms with E-state index in [9.17, 15) is 25.2 Å². The number of phenolic OH excluding ortho intramolecular Hbond substituents is 1. The lowest BCUT2D eigenvalue weighted by atomic mass is 9.55. The fourth-order valence-electron chi connectivity index (χ4n) is 8.36.